The van der Waals surface area contributed by atoms with Crippen LogP contribution in [0.1, 0.15) is 32.6 Å². The summed E-state index contributed by atoms with van der Waals surface area (Å²) in [4.78, 5) is 10.2. The molecule has 1 heterocycles. The summed E-state index contributed by atoms with van der Waals surface area (Å²) in [6, 6.07) is 5.60. The number of hydrogen-bond donors (Lipinski definition) is 0. The molecule has 0 aliphatic heterocycles. The van der Waals surface area contributed by atoms with Gasteiger partial charge in [0.15, 0.2) is 0 Å². The van der Waals surface area contributed by atoms with Crippen molar-refractivity contribution >= 4 is 18.1 Å². The van der Waals surface area contributed by atoms with Gasteiger partial charge in [0.05, 0.1) is 0 Å². The molecular weight excluding hydrogens is 244 g/mol. The van der Waals surface area contributed by atoms with Gasteiger partial charge < -0.3 is 4.84 Å². The Labute approximate surface area is 114 Å². The van der Waals surface area contributed by atoms with Crippen molar-refractivity contribution in [3.05, 3.63) is 41.7 Å². The Balaban J connectivity index is 2.71. The van der Waals surface area contributed by atoms with Gasteiger partial charge in [-0.15, -0.1) is 6.58 Å². The van der Waals surface area contributed by atoms with E-state index in [9.17, 15) is 0 Å². The van der Waals surface area contributed by atoms with Crippen LogP contribution in [-0.4, -0.2) is 17.2 Å². The second-order valence-corrected chi connectivity index (χ2v) is 4.33. The normalized spacial score (nSPS) is 11.3. The molecule has 0 amide bonds. The summed E-state index contributed by atoms with van der Waals surface area (Å²) in [6.07, 6.45) is 7.47. The van der Waals surface area contributed by atoms with Gasteiger partial charge in [0.1, 0.15) is 4.64 Å². The van der Waals surface area contributed by atoms with Crippen molar-refractivity contribution in [3.8, 4) is 0 Å². The van der Waals surface area contributed by atoms with Crippen LogP contribution in [0.15, 0.2) is 42.0 Å². The lowest BCUT2D eigenvalue weighted by Crippen LogP contribution is -2.20. The SMILES string of the molecule is C=CCCC(=NCCCC)On1ccccc1=S. The minimum absolute atomic E-state index is 0.638. The molecule has 0 fully saturated rings. The van der Waals surface area contributed by atoms with Gasteiger partial charge in [-0.3, -0.25) is 4.99 Å². The highest BCUT2D eigenvalue weighted by Gasteiger charge is 2.01. The van der Waals surface area contributed by atoms with E-state index in [1.165, 1.54) is 0 Å². The van der Waals surface area contributed by atoms with Gasteiger partial charge in [0.2, 0.25) is 5.90 Å². The maximum Gasteiger partial charge on any atom is 0.218 e. The summed E-state index contributed by atoms with van der Waals surface area (Å²) in [5.74, 6) is 0.714. The quantitative estimate of drug-likeness (QED) is 0.246. The molecule has 0 spiro atoms. The van der Waals surface area contributed by atoms with Crippen molar-refractivity contribution in [2.45, 2.75) is 32.6 Å². The topological polar surface area (TPSA) is 26.5 Å². The van der Waals surface area contributed by atoms with E-state index >= 15 is 0 Å². The standard InChI is InChI=1S/C14H20N2OS/c1-3-5-9-13(15-11-6-4-2)17-16-12-8-7-10-14(16)18/h3,7-8,10,12H,1,4-6,9,11H2,2H3. The largest absolute Gasteiger partial charge is 0.359 e. The van der Waals surface area contributed by atoms with Crippen LogP contribution < -0.4 is 4.84 Å². The van der Waals surface area contributed by atoms with E-state index in [4.69, 9.17) is 17.1 Å². The third-order valence-corrected chi connectivity index (χ3v) is 2.67. The third-order valence-electron chi connectivity index (χ3n) is 2.35. The van der Waals surface area contributed by atoms with Crippen molar-refractivity contribution in [1.82, 2.24) is 4.73 Å². The highest BCUT2D eigenvalue weighted by Crippen LogP contribution is 1.99. The van der Waals surface area contributed by atoms with Crippen LogP contribution in [0, 0.1) is 4.64 Å². The molecule has 0 atom stereocenters. The highest BCUT2D eigenvalue weighted by atomic mass is 32.1. The van der Waals surface area contributed by atoms with Gasteiger partial charge in [0, 0.05) is 19.2 Å². The van der Waals surface area contributed by atoms with Crippen molar-refractivity contribution in [3.63, 3.8) is 0 Å². The van der Waals surface area contributed by atoms with Crippen LogP contribution >= 0.6 is 12.2 Å². The first kappa shape index (κ1) is 14.6. The molecule has 18 heavy (non-hydrogen) atoms. The summed E-state index contributed by atoms with van der Waals surface area (Å²) in [7, 11) is 0. The molecule has 4 heteroatoms. The van der Waals surface area contributed by atoms with Gasteiger partial charge in [-0.2, -0.15) is 4.73 Å². The van der Waals surface area contributed by atoms with Crippen molar-refractivity contribution in [2.24, 2.45) is 4.99 Å². The molecule has 0 saturated heterocycles. The van der Waals surface area contributed by atoms with E-state index in [1.54, 1.807) is 10.9 Å². The Hall–Kier alpha value is -1.42. The fraction of sp³-hybridized carbons (Fsp3) is 0.429. The minimum Gasteiger partial charge on any atom is -0.359 e. The van der Waals surface area contributed by atoms with E-state index < -0.39 is 0 Å². The van der Waals surface area contributed by atoms with Crippen LogP contribution in [-0.2, 0) is 0 Å². The second kappa shape index (κ2) is 8.64. The number of pyridine rings is 1. The molecule has 0 bridgehead atoms. The average Bonchev–Trinajstić information content (AvgIpc) is 2.38. The molecule has 1 aromatic heterocycles. The zero-order chi connectivity index (χ0) is 13.2. The Morgan fingerprint density at radius 1 is 1.56 bits per heavy atom. The van der Waals surface area contributed by atoms with E-state index in [2.05, 4.69) is 18.5 Å². The van der Waals surface area contributed by atoms with Crippen LogP contribution in [0.2, 0.25) is 0 Å². The van der Waals surface area contributed by atoms with Crippen LogP contribution in [0.3, 0.4) is 0 Å². The van der Waals surface area contributed by atoms with Crippen molar-refractivity contribution < 1.29 is 4.84 Å². The van der Waals surface area contributed by atoms with E-state index in [0.717, 1.165) is 32.2 Å². The Bertz CT molecular complexity index is 451. The summed E-state index contributed by atoms with van der Waals surface area (Å²) in [5, 5.41) is 0. The molecule has 0 unspecified atom stereocenters. The number of aliphatic imine (C=N–C) groups is 1. The van der Waals surface area contributed by atoms with E-state index in [1.807, 2.05) is 24.3 Å². The number of aromatic nitrogens is 1. The predicted octanol–water partition coefficient (Wildman–Crippen LogP) is 3.81. The van der Waals surface area contributed by atoms with Crippen molar-refractivity contribution in [2.75, 3.05) is 6.54 Å². The first-order valence-electron chi connectivity index (χ1n) is 6.28. The molecule has 1 aromatic rings. The fourth-order valence-electron chi connectivity index (χ4n) is 1.34. The molecule has 3 nitrogen and oxygen atoms in total. The number of allylic oxidation sites excluding steroid dienone is 1. The molecule has 0 aliphatic rings. The Kier molecular flexibility index (Phi) is 7.03. The predicted molar refractivity (Wildman–Crippen MR) is 78.5 cm³/mol. The lowest BCUT2D eigenvalue weighted by Gasteiger charge is -2.10. The second-order valence-electron chi connectivity index (χ2n) is 3.91. The smallest absolute Gasteiger partial charge is 0.218 e. The summed E-state index contributed by atoms with van der Waals surface area (Å²) in [5.41, 5.74) is 0. The molecule has 0 aromatic carbocycles. The lowest BCUT2D eigenvalue weighted by molar-refractivity contribution is 0.247. The minimum atomic E-state index is 0.638. The number of unbranched alkanes of at least 4 members (excludes halogenated alkanes) is 1. The maximum atomic E-state index is 5.71. The van der Waals surface area contributed by atoms with Crippen LogP contribution in [0.4, 0.5) is 0 Å². The highest BCUT2D eigenvalue weighted by molar-refractivity contribution is 7.71. The van der Waals surface area contributed by atoms with Crippen molar-refractivity contribution in [1.29, 1.82) is 0 Å². The third kappa shape index (κ3) is 5.27. The van der Waals surface area contributed by atoms with Crippen LogP contribution in [0.25, 0.3) is 0 Å². The Morgan fingerprint density at radius 2 is 2.39 bits per heavy atom. The number of rotatable bonds is 7. The summed E-state index contributed by atoms with van der Waals surface area (Å²) < 4.78 is 2.21. The van der Waals surface area contributed by atoms with Gasteiger partial charge in [-0.25, -0.2) is 0 Å². The number of nitrogens with zero attached hydrogens (tertiary/aromatic N) is 2. The van der Waals surface area contributed by atoms with Crippen LogP contribution in [0.5, 0.6) is 0 Å². The molecule has 98 valence electrons. The first-order valence-corrected chi connectivity index (χ1v) is 6.69. The molecule has 0 radical (unpaired) electrons. The molecule has 1 rings (SSSR count). The zero-order valence-corrected chi connectivity index (χ0v) is 11.7. The van der Waals surface area contributed by atoms with E-state index in [-0.39, 0.29) is 0 Å². The molecule has 0 N–H and O–H groups in total. The fourth-order valence-corrected chi connectivity index (χ4v) is 1.52. The summed E-state index contributed by atoms with van der Waals surface area (Å²) in [6.45, 7) is 6.66. The van der Waals surface area contributed by atoms with E-state index in [0.29, 0.717) is 10.5 Å². The number of hydrogen-bond acceptors (Lipinski definition) is 3. The van der Waals surface area contributed by atoms with Gasteiger partial charge in [0.25, 0.3) is 0 Å². The molecule has 0 saturated carbocycles. The summed E-state index contributed by atoms with van der Waals surface area (Å²) >= 11 is 5.18. The lowest BCUT2D eigenvalue weighted by atomic mass is 10.3. The van der Waals surface area contributed by atoms with Gasteiger partial charge in [-0.1, -0.05) is 37.7 Å². The van der Waals surface area contributed by atoms with Gasteiger partial charge >= 0.3 is 0 Å². The zero-order valence-electron chi connectivity index (χ0n) is 10.8. The first-order chi connectivity index (χ1) is 8.77. The monoisotopic (exact) mass is 264 g/mol. The van der Waals surface area contributed by atoms with Gasteiger partial charge in [-0.05, 0) is 25.0 Å². The maximum absolute atomic E-state index is 5.71. The molecule has 0 aliphatic carbocycles. The molecular formula is C14H20N2OS. The average molecular weight is 264 g/mol. The Morgan fingerprint density at radius 3 is 3.06 bits per heavy atom.